The third kappa shape index (κ3) is 7.37. The van der Waals surface area contributed by atoms with E-state index in [0.717, 1.165) is 16.4 Å². The fraction of sp³-hybridized carbons (Fsp3) is 0.344. The largest absolute Gasteiger partial charge is 0.497 e. The third-order valence-corrected chi connectivity index (χ3v) is 10.4. The molecular weight excluding hydrogens is 677 g/mol. The number of rotatable bonds is 12. The maximum Gasteiger partial charge on any atom is 0.424 e. The number of carbonyl (C=O) groups is 3. The minimum absolute atomic E-state index is 0.0510. The van der Waals surface area contributed by atoms with Gasteiger partial charge in [0.25, 0.3) is 5.92 Å². The number of carbonyl (C=O) groups excluding carboxylic acids is 3. The van der Waals surface area contributed by atoms with Crippen molar-refractivity contribution in [2.45, 2.75) is 49.9 Å². The molecule has 1 saturated heterocycles. The molecule has 0 radical (unpaired) electrons. The first-order valence-corrected chi connectivity index (χ1v) is 16.6. The number of cyclic esters (lactones) is 1. The van der Waals surface area contributed by atoms with Crippen molar-refractivity contribution in [3.05, 3.63) is 100 Å². The molecule has 48 heavy (non-hydrogen) atoms. The van der Waals surface area contributed by atoms with Crippen molar-refractivity contribution < 1.29 is 45.4 Å². The Bertz CT molecular complexity index is 1790. The zero-order chi connectivity index (χ0) is 34.8. The highest BCUT2D eigenvalue weighted by molar-refractivity contribution is 7.87. The van der Waals surface area contributed by atoms with Crippen molar-refractivity contribution in [3.63, 3.8) is 0 Å². The van der Waals surface area contributed by atoms with Gasteiger partial charge in [0.1, 0.15) is 30.3 Å². The second-order valence-corrected chi connectivity index (χ2v) is 13.5. The first-order valence-electron chi connectivity index (χ1n) is 14.8. The summed E-state index contributed by atoms with van der Waals surface area (Å²) in [5.74, 6) is -5.27. The van der Waals surface area contributed by atoms with Gasteiger partial charge in [0.15, 0.2) is 0 Å². The van der Waals surface area contributed by atoms with Gasteiger partial charge in [0.2, 0.25) is 11.8 Å². The minimum Gasteiger partial charge on any atom is -0.497 e. The van der Waals surface area contributed by atoms with Crippen LogP contribution in [0, 0.1) is 5.82 Å². The van der Waals surface area contributed by atoms with Crippen molar-refractivity contribution in [1.82, 2.24) is 19.2 Å². The van der Waals surface area contributed by atoms with Crippen molar-refractivity contribution in [2.75, 3.05) is 20.3 Å². The van der Waals surface area contributed by atoms with Crippen LogP contribution >= 0.6 is 11.6 Å². The first kappa shape index (κ1) is 35.0. The van der Waals surface area contributed by atoms with Crippen LogP contribution in [-0.4, -0.2) is 67.2 Å². The number of methoxy groups -OCH3 is 1. The van der Waals surface area contributed by atoms with E-state index in [4.69, 9.17) is 21.1 Å². The van der Waals surface area contributed by atoms with Crippen LogP contribution < -0.4 is 15.4 Å². The van der Waals surface area contributed by atoms with Crippen LogP contribution in [0.3, 0.4) is 0 Å². The van der Waals surface area contributed by atoms with E-state index in [1.54, 1.807) is 30.3 Å². The molecule has 3 atom stereocenters. The molecule has 3 aromatic carbocycles. The lowest BCUT2D eigenvalue weighted by Gasteiger charge is -2.38. The summed E-state index contributed by atoms with van der Waals surface area (Å²) in [6, 6.07) is 11.4. The highest BCUT2D eigenvalue weighted by atomic mass is 35.5. The zero-order valence-electron chi connectivity index (χ0n) is 25.7. The van der Waals surface area contributed by atoms with Crippen LogP contribution in [0.25, 0.3) is 0 Å². The molecule has 5 rings (SSSR count). The van der Waals surface area contributed by atoms with Crippen molar-refractivity contribution in [2.24, 2.45) is 0 Å². The van der Waals surface area contributed by atoms with Crippen molar-refractivity contribution >= 4 is 39.7 Å². The molecule has 3 amide bonds. The second kappa shape index (κ2) is 14.0. The molecule has 0 aromatic heterocycles. The van der Waals surface area contributed by atoms with E-state index < -0.39 is 76.9 Å². The Kier molecular flexibility index (Phi) is 10.2. The van der Waals surface area contributed by atoms with E-state index in [1.807, 2.05) is 0 Å². The summed E-state index contributed by atoms with van der Waals surface area (Å²) < 4.78 is 82.0. The summed E-state index contributed by atoms with van der Waals surface area (Å²) in [6.45, 7) is 0.866. The molecule has 1 heterocycles. The highest BCUT2D eigenvalue weighted by Crippen LogP contribution is 2.39. The summed E-state index contributed by atoms with van der Waals surface area (Å²) in [7, 11) is -3.46. The van der Waals surface area contributed by atoms with Crippen LogP contribution in [-0.2, 0) is 24.5 Å². The van der Waals surface area contributed by atoms with Gasteiger partial charge in [-0.2, -0.15) is 17.0 Å². The molecule has 3 aromatic rings. The molecule has 1 unspecified atom stereocenters. The van der Waals surface area contributed by atoms with E-state index >= 15 is 0 Å². The summed E-state index contributed by atoms with van der Waals surface area (Å²) in [4.78, 5) is 40.7. The van der Waals surface area contributed by atoms with Gasteiger partial charge in [0.05, 0.1) is 13.7 Å². The van der Waals surface area contributed by atoms with Crippen LogP contribution in [0.4, 0.5) is 18.0 Å². The average molecular weight is 709 g/mol. The lowest BCUT2D eigenvalue weighted by molar-refractivity contribution is -0.136. The maximum atomic E-state index is 14.7. The van der Waals surface area contributed by atoms with Gasteiger partial charge in [-0.3, -0.25) is 9.59 Å². The Morgan fingerprint density at radius 1 is 1.04 bits per heavy atom. The molecule has 1 saturated carbocycles. The quantitative estimate of drug-likeness (QED) is 0.269. The Balaban J connectivity index is 1.62. The number of hydrogen-bond donors (Lipinski definition) is 2. The van der Waals surface area contributed by atoms with E-state index in [1.165, 1.54) is 44.4 Å². The van der Waals surface area contributed by atoms with Gasteiger partial charge in [-0.15, -0.1) is 0 Å². The van der Waals surface area contributed by atoms with Crippen molar-refractivity contribution in [1.29, 1.82) is 0 Å². The molecule has 2 fully saturated rings. The molecule has 16 heteroatoms. The monoisotopic (exact) mass is 708 g/mol. The normalized spacial score (nSPS) is 18.0. The lowest BCUT2D eigenvalue weighted by Crippen LogP contribution is -2.55. The molecule has 0 spiro atoms. The molecule has 2 aliphatic rings. The van der Waals surface area contributed by atoms with Crippen molar-refractivity contribution in [3.8, 4) is 5.75 Å². The van der Waals surface area contributed by atoms with E-state index in [2.05, 4.69) is 10.6 Å². The standard InChI is InChI=1S/C32H32ClF3N4O7S/c1-19(20-10-12-24(46-2)13-11-20)40(48(44,45)39-14-15-47-31(39)43)28(21-6-5-7-22(34)16-21)30(42)38-27(25-8-3-4-9-26(25)33)29(41)37-23-17-32(35,36)18-23/h3-13,16,19,23,27-28H,14-15,17-18H2,1-2H3,(H,37,41)(H,38,42)/t19-,27-,28?/m0/s1. The van der Waals surface area contributed by atoms with Gasteiger partial charge in [-0.1, -0.05) is 54.1 Å². The number of ether oxygens (including phenoxy) is 2. The number of hydrogen-bond acceptors (Lipinski definition) is 7. The molecule has 2 N–H and O–H groups in total. The lowest BCUT2D eigenvalue weighted by atomic mass is 9.88. The number of nitrogens with zero attached hydrogens (tertiary/aromatic N) is 2. The number of halogens is 4. The number of benzene rings is 3. The van der Waals surface area contributed by atoms with Crippen LogP contribution in [0.15, 0.2) is 72.8 Å². The van der Waals surface area contributed by atoms with Gasteiger partial charge in [-0.05, 0) is 48.4 Å². The summed E-state index contributed by atoms with van der Waals surface area (Å²) >= 11 is 6.41. The van der Waals surface area contributed by atoms with Crippen LogP contribution in [0.1, 0.15) is 54.6 Å². The smallest absolute Gasteiger partial charge is 0.424 e. The van der Waals surface area contributed by atoms with Crippen LogP contribution in [0.5, 0.6) is 5.75 Å². The van der Waals surface area contributed by atoms with Gasteiger partial charge in [-0.25, -0.2) is 18.0 Å². The summed E-state index contributed by atoms with van der Waals surface area (Å²) in [5, 5.41) is 5.08. The zero-order valence-corrected chi connectivity index (χ0v) is 27.3. The number of amides is 3. The Hall–Kier alpha value is -4.34. The topological polar surface area (TPSA) is 134 Å². The van der Waals surface area contributed by atoms with Gasteiger partial charge < -0.3 is 20.1 Å². The Morgan fingerprint density at radius 2 is 1.73 bits per heavy atom. The first-order chi connectivity index (χ1) is 22.7. The summed E-state index contributed by atoms with van der Waals surface area (Å²) in [5.41, 5.74) is 0.322. The minimum atomic E-state index is -4.91. The fourth-order valence-electron chi connectivity index (χ4n) is 5.64. The molecular formula is C32H32ClF3N4O7S. The van der Waals surface area contributed by atoms with Crippen LogP contribution in [0.2, 0.25) is 5.02 Å². The molecule has 256 valence electrons. The Labute approximate surface area is 280 Å². The van der Waals surface area contributed by atoms with E-state index in [9.17, 15) is 36.0 Å². The summed E-state index contributed by atoms with van der Waals surface area (Å²) in [6.07, 6.45) is -2.39. The maximum absolute atomic E-state index is 14.7. The Morgan fingerprint density at radius 3 is 2.31 bits per heavy atom. The second-order valence-electron chi connectivity index (χ2n) is 11.4. The van der Waals surface area contributed by atoms with E-state index in [0.29, 0.717) is 15.6 Å². The number of nitrogens with one attached hydrogen (secondary N) is 2. The van der Waals surface area contributed by atoms with Gasteiger partial charge in [0, 0.05) is 35.5 Å². The molecule has 11 nitrogen and oxygen atoms in total. The third-order valence-electron chi connectivity index (χ3n) is 8.12. The number of alkyl halides is 2. The van der Waals surface area contributed by atoms with Gasteiger partial charge >= 0.3 is 16.3 Å². The molecule has 1 aliphatic carbocycles. The SMILES string of the molecule is COc1ccc([C@H](C)N(C(C(=O)N[C@H](C(=O)NC2CC(F)(F)C2)c2ccccc2Cl)c2cccc(F)c2)S(=O)(=O)N2CCOC2=O)cc1. The average Bonchev–Trinajstić information content (AvgIpc) is 3.48. The van der Waals surface area contributed by atoms with E-state index in [-0.39, 0.29) is 29.3 Å². The highest BCUT2D eigenvalue weighted by Gasteiger charge is 2.49. The fourth-order valence-corrected chi connectivity index (χ4v) is 7.67. The molecule has 0 bridgehead atoms. The predicted molar refractivity (Wildman–Crippen MR) is 168 cm³/mol. The predicted octanol–water partition coefficient (Wildman–Crippen LogP) is 5.06. The molecule has 1 aliphatic heterocycles.